The van der Waals surface area contributed by atoms with Crippen molar-refractivity contribution in [2.24, 2.45) is 10.2 Å². The number of esters is 1. The second-order valence-electron chi connectivity index (χ2n) is 4.16. The molecule has 1 N–H and O–H groups in total. The average Bonchev–Trinajstić information content (AvgIpc) is 2.46. The third kappa shape index (κ3) is 5.25. The molecule has 0 aliphatic rings. The van der Waals surface area contributed by atoms with E-state index in [1.165, 1.54) is 6.92 Å². The number of carbonyl (C=O) groups is 1. The smallest absolute Gasteiger partial charge is 0.451 e. The van der Waals surface area contributed by atoms with Gasteiger partial charge in [0.2, 0.25) is 11.5 Å². The molecule has 132 valence electrons. The third-order valence-corrected chi connectivity index (χ3v) is 2.40. The number of azo groups is 1. The lowest BCUT2D eigenvalue weighted by atomic mass is 10.2. The molecule has 0 heterocycles. The summed E-state index contributed by atoms with van der Waals surface area (Å²) in [6, 6.07) is 3.20. The number of aliphatic hydroxyl groups is 1. The highest BCUT2D eigenvalue weighted by atomic mass is 19.4. The van der Waals surface area contributed by atoms with Crippen molar-refractivity contribution in [1.82, 2.24) is 0 Å². The fourth-order valence-electron chi connectivity index (χ4n) is 1.37. The summed E-state index contributed by atoms with van der Waals surface area (Å²) >= 11 is 0. The largest absolute Gasteiger partial charge is 0.502 e. The molecule has 1 aromatic carbocycles. The molecule has 0 unspecified atom stereocenters. The van der Waals surface area contributed by atoms with Crippen molar-refractivity contribution in [3.63, 3.8) is 0 Å². The Morgan fingerprint density at radius 3 is 2.33 bits per heavy atom. The van der Waals surface area contributed by atoms with Crippen molar-refractivity contribution >= 4 is 11.7 Å². The molecule has 0 aliphatic heterocycles. The number of hydrogen-bond donors (Lipinski definition) is 1. The molecular formula is C13H10F6N2O3. The topological polar surface area (TPSA) is 71.2 Å². The van der Waals surface area contributed by atoms with Gasteiger partial charge < -0.3 is 9.84 Å². The van der Waals surface area contributed by atoms with E-state index in [4.69, 9.17) is 5.11 Å². The summed E-state index contributed by atoms with van der Waals surface area (Å²) in [6.07, 6.45) is -10.0. The molecule has 11 heteroatoms. The summed E-state index contributed by atoms with van der Waals surface area (Å²) < 4.78 is 79.3. The molecule has 24 heavy (non-hydrogen) atoms. The lowest BCUT2D eigenvalue weighted by Gasteiger charge is -2.08. The minimum Gasteiger partial charge on any atom is -0.502 e. The number of benzene rings is 1. The van der Waals surface area contributed by atoms with Crippen molar-refractivity contribution in [1.29, 1.82) is 0 Å². The monoisotopic (exact) mass is 356 g/mol. The summed E-state index contributed by atoms with van der Waals surface area (Å²) in [5.74, 6) is -3.99. The number of ether oxygens (including phenoxy) is 1. The van der Waals surface area contributed by atoms with Gasteiger partial charge in [-0.15, -0.1) is 5.11 Å². The predicted octanol–water partition coefficient (Wildman–Crippen LogP) is 4.68. The highest BCUT2D eigenvalue weighted by Crippen LogP contribution is 2.32. The van der Waals surface area contributed by atoms with Crippen molar-refractivity contribution in [2.45, 2.75) is 19.3 Å². The molecule has 0 aliphatic carbocycles. The van der Waals surface area contributed by atoms with Crippen LogP contribution in [0.3, 0.4) is 0 Å². The summed E-state index contributed by atoms with van der Waals surface area (Å²) in [4.78, 5) is 11.4. The zero-order chi connectivity index (χ0) is 18.5. The third-order valence-electron chi connectivity index (χ3n) is 2.40. The molecule has 0 aromatic heterocycles. The zero-order valence-electron chi connectivity index (χ0n) is 11.9. The number of alkyl halides is 6. The van der Waals surface area contributed by atoms with Gasteiger partial charge in [-0.25, -0.2) is 4.79 Å². The molecule has 0 radical (unpaired) electrons. The Morgan fingerprint density at radius 1 is 1.21 bits per heavy atom. The van der Waals surface area contributed by atoms with Gasteiger partial charge in [0.25, 0.3) is 0 Å². The fourth-order valence-corrected chi connectivity index (χ4v) is 1.37. The van der Waals surface area contributed by atoms with Gasteiger partial charge in [-0.1, -0.05) is 6.07 Å². The van der Waals surface area contributed by atoms with E-state index >= 15 is 0 Å². The molecule has 0 saturated heterocycles. The quantitative estimate of drug-likeness (QED) is 0.280. The normalized spacial score (nSPS) is 13.8. The Kier molecular flexibility index (Phi) is 5.93. The number of halogens is 6. The number of hydrogen-bond acceptors (Lipinski definition) is 5. The maximum atomic E-state index is 12.5. The van der Waals surface area contributed by atoms with Gasteiger partial charge in [0.05, 0.1) is 17.9 Å². The Bertz CT molecular complexity index is 664. The number of rotatable bonds is 4. The van der Waals surface area contributed by atoms with Crippen LogP contribution in [-0.2, 0) is 15.7 Å². The predicted molar refractivity (Wildman–Crippen MR) is 68.3 cm³/mol. The molecule has 5 nitrogen and oxygen atoms in total. The first kappa shape index (κ1) is 19.5. The Balaban J connectivity index is 3.25. The average molecular weight is 356 g/mol. The van der Waals surface area contributed by atoms with Gasteiger partial charge >= 0.3 is 18.3 Å². The summed E-state index contributed by atoms with van der Waals surface area (Å²) in [6.45, 7) is 0.983. The second-order valence-corrected chi connectivity index (χ2v) is 4.16. The van der Waals surface area contributed by atoms with Crippen LogP contribution in [0, 0.1) is 0 Å². The lowest BCUT2D eigenvalue weighted by Crippen LogP contribution is -2.18. The summed E-state index contributed by atoms with van der Waals surface area (Å²) in [5, 5.41) is 15.0. The summed E-state index contributed by atoms with van der Waals surface area (Å²) in [7, 11) is 0. The first-order valence-corrected chi connectivity index (χ1v) is 6.23. The van der Waals surface area contributed by atoms with Crippen LogP contribution in [0.5, 0.6) is 0 Å². The molecule has 0 atom stereocenters. The van der Waals surface area contributed by atoms with Crippen LogP contribution >= 0.6 is 0 Å². The van der Waals surface area contributed by atoms with E-state index in [-0.39, 0.29) is 6.61 Å². The van der Waals surface area contributed by atoms with Crippen LogP contribution < -0.4 is 0 Å². The molecule has 1 aromatic rings. The minimum atomic E-state index is -5.31. The minimum absolute atomic E-state index is 0.313. The number of nitrogens with zero attached hydrogens (tertiary/aromatic N) is 2. The number of allylic oxidation sites excluding steroid dienone is 1. The van der Waals surface area contributed by atoms with Gasteiger partial charge in [-0.05, 0) is 25.1 Å². The fraction of sp³-hybridized carbons (Fsp3) is 0.308. The lowest BCUT2D eigenvalue weighted by molar-refractivity contribution is -0.143. The molecule has 0 bridgehead atoms. The molecule has 0 spiro atoms. The van der Waals surface area contributed by atoms with Crippen LogP contribution in [0.2, 0.25) is 0 Å². The van der Waals surface area contributed by atoms with Crippen LogP contribution in [0.4, 0.5) is 32.0 Å². The van der Waals surface area contributed by atoms with Crippen LogP contribution in [0.25, 0.3) is 0 Å². The first-order chi connectivity index (χ1) is 11.0. The van der Waals surface area contributed by atoms with E-state index in [1.54, 1.807) is 0 Å². The van der Waals surface area contributed by atoms with Crippen molar-refractivity contribution < 1.29 is 41.0 Å². The van der Waals surface area contributed by atoms with Crippen molar-refractivity contribution in [3.8, 4) is 0 Å². The number of aliphatic hydroxyl groups excluding tert-OH is 1. The maximum absolute atomic E-state index is 12.5. The first-order valence-electron chi connectivity index (χ1n) is 6.23. The SMILES string of the molecule is CCOC(=O)/C(N=Nc1cccc(C(F)(F)F)c1)=C(\O)C(F)(F)F. The summed E-state index contributed by atoms with van der Waals surface area (Å²) in [5.41, 5.74) is -3.15. The van der Waals surface area contributed by atoms with Crippen molar-refractivity contribution in [2.75, 3.05) is 6.61 Å². The molecule has 0 fully saturated rings. The van der Waals surface area contributed by atoms with E-state index in [1.807, 2.05) is 0 Å². The highest BCUT2D eigenvalue weighted by Gasteiger charge is 2.39. The highest BCUT2D eigenvalue weighted by molar-refractivity contribution is 5.88. The number of carbonyl (C=O) groups excluding carboxylic acids is 1. The van der Waals surface area contributed by atoms with Gasteiger partial charge in [0.1, 0.15) is 0 Å². The van der Waals surface area contributed by atoms with Gasteiger partial charge in [0.15, 0.2) is 0 Å². The van der Waals surface area contributed by atoms with E-state index in [2.05, 4.69) is 15.0 Å². The van der Waals surface area contributed by atoms with Crippen molar-refractivity contribution in [3.05, 3.63) is 41.3 Å². The standard InChI is InChI=1S/C13H10F6N2O3/c1-2-24-11(23)9(10(22)13(17,18)19)21-20-8-5-3-4-7(6-8)12(14,15)16/h3-6,22H,2H2,1H3/b10-9+,21-20?. The Morgan fingerprint density at radius 2 is 1.83 bits per heavy atom. The van der Waals surface area contributed by atoms with Crippen LogP contribution in [-0.4, -0.2) is 23.9 Å². The van der Waals surface area contributed by atoms with E-state index in [0.29, 0.717) is 12.1 Å². The molecule has 1 rings (SSSR count). The zero-order valence-corrected chi connectivity index (χ0v) is 11.9. The maximum Gasteiger partial charge on any atom is 0.451 e. The van der Waals surface area contributed by atoms with E-state index in [9.17, 15) is 31.1 Å². The Hall–Kier alpha value is -2.59. The van der Waals surface area contributed by atoms with Crippen LogP contribution in [0.15, 0.2) is 46.0 Å². The van der Waals surface area contributed by atoms with Gasteiger partial charge in [-0.2, -0.15) is 31.5 Å². The van der Waals surface area contributed by atoms with Gasteiger partial charge in [-0.3, -0.25) is 0 Å². The second kappa shape index (κ2) is 7.32. The molecule has 0 amide bonds. The Labute approximate surface area is 131 Å². The van der Waals surface area contributed by atoms with Gasteiger partial charge in [0, 0.05) is 0 Å². The molecule has 0 saturated carbocycles. The van der Waals surface area contributed by atoms with E-state index < -0.39 is 41.0 Å². The van der Waals surface area contributed by atoms with Crippen LogP contribution in [0.1, 0.15) is 12.5 Å². The van der Waals surface area contributed by atoms with E-state index in [0.717, 1.165) is 12.1 Å². The molecular weight excluding hydrogens is 346 g/mol.